The quantitative estimate of drug-likeness (QED) is 0.238. The van der Waals surface area contributed by atoms with Gasteiger partial charge in [0.15, 0.2) is 16.7 Å². The molecule has 3 rings (SSSR count). The highest BCUT2D eigenvalue weighted by Gasteiger charge is 2.41. The minimum absolute atomic E-state index is 0.0314. The molecule has 2 aromatic carbocycles. The molecule has 2 aromatic rings. The number of nitrogens with zero attached hydrogens (tertiary/aromatic N) is 3. The molecule has 8 nitrogen and oxygen atoms in total. The number of aryl methyl sites for hydroxylation is 1. The van der Waals surface area contributed by atoms with Gasteiger partial charge in [-0.1, -0.05) is 30.0 Å². The van der Waals surface area contributed by atoms with E-state index >= 15 is 0 Å². The molecule has 1 fully saturated rings. The summed E-state index contributed by atoms with van der Waals surface area (Å²) in [6, 6.07) is 11.4. The molecule has 28 heavy (non-hydrogen) atoms. The number of hydrogen-bond acceptors (Lipinski definition) is 7. The number of carbonyl (C=O) groups excluding carboxylic acids is 2. The number of rotatable bonds is 4. The van der Waals surface area contributed by atoms with E-state index in [9.17, 15) is 19.8 Å². The van der Waals surface area contributed by atoms with Crippen molar-refractivity contribution < 1.29 is 19.8 Å². The second-order valence-electron chi connectivity index (χ2n) is 6.10. The van der Waals surface area contributed by atoms with Gasteiger partial charge < -0.3 is 15.9 Å². The SMILES string of the molecule is Cc1ccccc1N1C(=O)C[C@@H](SC(N)=NN=Cc2ccc(O)c(O)c2)C1=O. The maximum absolute atomic E-state index is 12.7. The van der Waals surface area contributed by atoms with Crippen molar-refractivity contribution in [1.29, 1.82) is 0 Å². The molecular formula is C19H18N4O4S. The maximum atomic E-state index is 12.7. The predicted octanol–water partition coefficient (Wildman–Crippen LogP) is 2.12. The van der Waals surface area contributed by atoms with Crippen molar-refractivity contribution in [2.75, 3.05) is 4.90 Å². The van der Waals surface area contributed by atoms with Crippen molar-refractivity contribution in [3.8, 4) is 11.5 Å². The highest BCUT2D eigenvalue weighted by atomic mass is 32.2. The Morgan fingerprint density at radius 1 is 1.21 bits per heavy atom. The minimum Gasteiger partial charge on any atom is -0.504 e. The zero-order chi connectivity index (χ0) is 20.3. The zero-order valence-electron chi connectivity index (χ0n) is 14.9. The molecule has 1 aliphatic heterocycles. The Balaban J connectivity index is 1.68. The zero-order valence-corrected chi connectivity index (χ0v) is 15.8. The largest absolute Gasteiger partial charge is 0.504 e. The number of thioether (sulfide) groups is 1. The Morgan fingerprint density at radius 3 is 2.68 bits per heavy atom. The maximum Gasteiger partial charge on any atom is 0.247 e. The van der Waals surface area contributed by atoms with Crippen molar-refractivity contribution in [3.05, 3.63) is 53.6 Å². The van der Waals surface area contributed by atoms with Gasteiger partial charge in [-0.3, -0.25) is 9.59 Å². The fraction of sp³-hybridized carbons (Fsp3) is 0.158. The van der Waals surface area contributed by atoms with E-state index in [4.69, 9.17) is 5.73 Å². The first-order valence-electron chi connectivity index (χ1n) is 8.34. The fourth-order valence-electron chi connectivity index (χ4n) is 2.71. The van der Waals surface area contributed by atoms with Crippen LogP contribution in [0.1, 0.15) is 17.5 Å². The lowest BCUT2D eigenvalue weighted by Crippen LogP contribution is -2.32. The van der Waals surface area contributed by atoms with Gasteiger partial charge in [-0.2, -0.15) is 5.10 Å². The van der Waals surface area contributed by atoms with Crippen LogP contribution >= 0.6 is 11.8 Å². The van der Waals surface area contributed by atoms with Gasteiger partial charge in [-0.15, -0.1) is 5.10 Å². The van der Waals surface area contributed by atoms with Gasteiger partial charge in [-0.25, -0.2) is 4.90 Å². The number of para-hydroxylation sites is 1. The number of amides is 2. The predicted molar refractivity (Wildman–Crippen MR) is 109 cm³/mol. The van der Waals surface area contributed by atoms with E-state index in [0.29, 0.717) is 11.3 Å². The molecule has 0 spiro atoms. The van der Waals surface area contributed by atoms with E-state index in [-0.39, 0.29) is 34.9 Å². The van der Waals surface area contributed by atoms with Gasteiger partial charge in [-0.05, 0) is 42.3 Å². The third kappa shape index (κ3) is 4.15. The van der Waals surface area contributed by atoms with E-state index in [0.717, 1.165) is 17.3 Å². The average molecular weight is 398 g/mol. The van der Waals surface area contributed by atoms with E-state index < -0.39 is 5.25 Å². The van der Waals surface area contributed by atoms with Gasteiger partial charge in [0.25, 0.3) is 0 Å². The number of aromatic hydroxyl groups is 2. The van der Waals surface area contributed by atoms with Crippen LogP contribution in [0.3, 0.4) is 0 Å². The van der Waals surface area contributed by atoms with Gasteiger partial charge in [0.05, 0.1) is 11.9 Å². The second kappa shape index (κ2) is 8.13. The molecule has 0 saturated carbocycles. The number of anilines is 1. The molecule has 9 heteroatoms. The molecule has 4 N–H and O–H groups in total. The summed E-state index contributed by atoms with van der Waals surface area (Å²) in [6.07, 6.45) is 1.37. The number of amidine groups is 1. The topological polar surface area (TPSA) is 129 Å². The first-order valence-corrected chi connectivity index (χ1v) is 9.22. The monoisotopic (exact) mass is 398 g/mol. The smallest absolute Gasteiger partial charge is 0.247 e. The average Bonchev–Trinajstić information content (AvgIpc) is 2.92. The van der Waals surface area contributed by atoms with E-state index in [2.05, 4.69) is 10.2 Å². The van der Waals surface area contributed by atoms with Gasteiger partial charge in [0.1, 0.15) is 5.25 Å². The first kappa shape index (κ1) is 19.4. The van der Waals surface area contributed by atoms with Crippen LogP contribution in [-0.4, -0.2) is 38.7 Å². The third-order valence-electron chi connectivity index (χ3n) is 4.09. The second-order valence-corrected chi connectivity index (χ2v) is 7.32. The van der Waals surface area contributed by atoms with E-state index in [1.165, 1.54) is 29.3 Å². The Kier molecular flexibility index (Phi) is 5.65. The molecule has 0 bridgehead atoms. The standard InChI is InChI=1S/C19H18N4O4S/c1-11-4-2-3-5-13(11)23-17(26)9-16(18(23)27)28-19(20)22-21-10-12-6-7-14(24)15(25)8-12/h2-8,10,16,24-25H,9H2,1H3,(H2,20,22)/t16-/m1/s1. The van der Waals surface area contributed by atoms with Crippen LogP contribution in [0.5, 0.6) is 11.5 Å². The highest BCUT2D eigenvalue weighted by molar-refractivity contribution is 8.14. The van der Waals surface area contributed by atoms with Crippen molar-refractivity contribution >= 4 is 40.6 Å². The van der Waals surface area contributed by atoms with Gasteiger partial charge in [0, 0.05) is 6.42 Å². The van der Waals surface area contributed by atoms with Gasteiger partial charge >= 0.3 is 0 Å². The summed E-state index contributed by atoms with van der Waals surface area (Å²) in [7, 11) is 0. The van der Waals surface area contributed by atoms with Crippen LogP contribution in [-0.2, 0) is 9.59 Å². The normalized spacial score (nSPS) is 17.7. The summed E-state index contributed by atoms with van der Waals surface area (Å²) < 4.78 is 0. The Morgan fingerprint density at radius 2 is 1.96 bits per heavy atom. The minimum atomic E-state index is -0.663. The molecule has 1 atom stereocenters. The van der Waals surface area contributed by atoms with Crippen LogP contribution < -0.4 is 10.6 Å². The Hall–Kier alpha value is -3.33. The van der Waals surface area contributed by atoms with Gasteiger partial charge in [0.2, 0.25) is 11.8 Å². The number of imide groups is 1. The van der Waals surface area contributed by atoms with Crippen molar-refractivity contribution in [2.24, 2.45) is 15.9 Å². The third-order valence-corrected chi connectivity index (χ3v) is 5.06. The number of phenols is 2. The lowest BCUT2D eigenvalue weighted by molar-refractivity contribution is -0.121. The van der Waals surface area contributed by atoms with Crippen molar-refractivity contribution in [1.82, 2.24) is 0 Å². The number of nitrogens with two attached hydrogens (primary N) is 1. The van der Waals surface area contributed by atoms with E-state index in [1.54, 1.807) is 12.1 Å². The van der Waals surface area contributed by atoms with Crippen LogP contribution in [0.15, 0.2) is 52.7 Å². The number of carbonyl (C=O) groups is 2. The molecule has 1 aliphatic rings. The summed E-state index contributed by atoms with van der Waals surface area (Å²) in [4.78, 5) is 26.2. The summed E-state index contributed by atoms with van der Waals surface area (Å²) in [5.74, 6) is -1.14. The molecule has 0 aromatic heterocycles. The lowest BCUT2D eigenvalue weighted by Gasteiger charge is -2.16. The molecule has 0 aliphatic carbocycles. The fourth-order valence-corrected chi connectivity index (χ4v) is 3.52. The molecule has 0 radical (unpaired) electrons. The van der Waals surface area contributed by atoms with Crippen molar-refractivity contribution in [3.63, 3.8) is 0 Å². The lowest BCUT2D eigenvalue weighted by atomic mass is 10.2. The summed E-state index contributed by atoms with van der Waals surface area (Å²) in [5.41, 5.74) is 7.73. The van der Waals surface area contributed by atoms with Crippen LogP contribution in [0.25, 0.3) is 0 Å². The Bertz CT molecular complexity index is 990. The summed E-state index contributed by atoms with van der Waals surface area (Å²) >= 11 is 0.977. The molecule has 2 amide bonds. The van der Waals surface area contributed by atoms with Crippen LogP contribution in [0, 0.1) is 6.92 Å². The van der Waals surface area contributed by atoms with Crippen LogP contribution in [0.4, 0.5) is 5.69 Å². The van der Waals surface area contributed by atoms with E-state index in [1.807, 2.05) is 19.1 Å². The number of phenolic OH excluding ortho intramolecular Hbond substituents is 2. The van der Waals surface area contributed by atoms with Crippen LogP contribution in [0.2, 0.25) is 0 Å². The molecule has 0 unspecified atom stereocenters. The molecule has 144 valence electrons. The summed E-state index contributed by atoms with van der Waals surface area (Å²) in [6.45, 7) is 1.84. The highest BCUT2D eigenvalue weighted by Crippen LogP contribution is 2.31. The Labute approximate surface area is 165 Å². The van der Waals surface area contributed by atoms with Crippen molar-refractivity contribution in [2.45, 2.75) is 18.6 Å². The molecular weight excluding hydrogens is 380 g/mol. The number of benzene rings is 2. The first-order chi connectivity index (χ1) is 13.4. The molecule has 1 saturated heterocycles. The number of hydrogen-bond donors (Lipinski definition) is 3. The molecule has 1 heterocycles. The summed E-state index contributed by atoms with van der Waals surface area (Å²) in [5, 5.41) is 25.7.